The summed E-state index contributed by atoms with van der Waals surface area (Å²) in [5, 5.41) is 8.95. The van der Waals surface area contributed by atoms with Crippen molar-refractivity contribution in [2.75, 3.05) is 18.0 Å². The van der Waals surface area contributed by atoms with Gasteiger partial charge in [0.15, 0.2) is 11.6 Å². The zero-order valence-corrected chi connectivity index (χ0v) is 17.4. The monoisotopic (exact) mass is 417 g/mol. The third-order valence-corrected chi connectivity index (χ3v) is 6.39. The summed E-state index contributed by atoms with van der Waals surface area (Å²) in [4.78, 5) is 25.8. The third kappa shape index (κ3) is 3.64. The molecule has 2 fully saturated rings. The number of hydrogen-bond donors (Lipinski definition) is 2. The van der Waals surface area contributed by atoms with Crippen LogP contribution in [0.5, 0.6) is 5.75 Å². The van der Waals surface area contributed by atoms with E-state index >= 15 is 4.39 Å². The highest BCUT2D eigenvalue weighted by atomic mass is 19.1. The van der Waals surface area contributed by atoms with E-state index in [9.17, 15) is 9.59 Å². The fraction of sp³-hybridized carbons (Fsp3) is 0.545. The van der Waals surface area contributed by atoms with Crippen molar-refractivity contribution in [3.05, 3.63) is 39.6 Å². The molecule has 1 aliphatic carbocycles. The largest absolute Gasteiger partial charge is 0.511 e. The number of nitrogens with two attached hydrogens (primary N) is 1. The van der Waals surface area contributed by atoms with Crippen LogP contribution in [-0.4, -0.2) is 34.8 Å². The molecule has 0 radical (unpaired) electrons. The van der Waals surface area contributed by atoms with Crippen molar-refractivity contribution in [2.45, 2.75) is 57.9 Å². The highest BCUT2D eigenvalue weighted by Crippen LogP contribution is 2.44. The summed E-state index contributed by atoms with van der Waals surface area (Å²) < 4.78 is 21.1. The van der Waals surface area contributed by atoms with E-state index in [1.807, 2.05) is 11.8 Å². The van der Waals surface area contributed by atoms with Crippen molar-refractivity contribution in [1.82, 2.24) is 4.40 Å². The van der Waals surface area contributed by atoms with Crippen LogP contribution in [0, 0.1) is 18.7 Å². The molecule has 1 saturated heterocycles. The number of aromatic nitrogens is 1. The Bertz CT molecular complexity index is 1050. The van der Waals surface area contributed by atoms with E-state index in [-0.39, 0.29) is 17.7 Å². The van der Waals surface area contributed by atoms with Crippen molar-refractivity contribution in [2.24, 2.45) is 11.7 Å². The standard InChI is InChI=1S/C22H28FN3O4/c1-3-4-17(24)14-7-8-25(10-14)20-12(2)19-15(13-5-6-13)9-18(30-22(28)29)21(27)26(19)11-16(20)23/h9,11,13-14,17H,3-8,10,24H2,1-2H3,(H,28,29). The number of anilines is 1. The molecule has 2 unspecified atom stereocenters. The number of nitrogens with zero attached hydrogens (tertiary/aromatic N) is 2. The van der Waals surface area contributed by atoms with Crippen molar-refractivity contribution in [3.63, 3.8) is 0 Å². The van der Waals surface area contributed by atoms with Crippen molar-refractivity contribution < 1.29 is 19.0 Å². The maximum absolute atomic E-state index is 15.2. The first-order chi connectivity index (χ1) is 14.3. The average Bonchev–Trinajstić information content (AvgIpc) is 3.41. The molecule has 0 aromatic carbocycles. The fourth-order valence-corrected chi connectivity index (χ4v) is 4.79. The SMILES string of the molecule is CCCC(N)C1CCN(c2c(F)cn3c(=O)c(OC(=O)O)cc(C4CC4)c3c2C)C1. The zero-order chi connectivity index (χ0) is 21.6. The smallest absolute Gasteiger partial charge is 0.449 e. The van der Waals surface area contributed by atoms with Crippen LogP contribution < -0.4 is 20.9 Å². The second-order valence-corrected chi connectivity index (χ2v) is 8.53. The fourth-order valence-electron chi connectivity index (χ4n) is 4.79. The van der Waals surface area contributed by atoms with Gasteiger partial charge < -0.3 is 20.5 Å². The van der Waals surface area contributed by atoms with E-state index in [0.717, 1.165) is 44.2 Å². The number of carboxylic acid groups (broad SMARTS) is 1. The number of ether oxygens (including phenoxy) is 1. The normalized spacial score (nSPS) is 20.0. The van der Waals surface area contributed by atoms with Gasteiger partial charge in [0, 0.05) is 19.1 Å². The molecule has 3 N–H and O–H groups in total. The van der Waals surface area contributed by atoms with Crippen LogP contribution in [0.4, 0.5) is 14.9 Å². The lowest BCUT2D eigenvalue weighted by Crippen LogP contribution is -2.33. The van der Waals surface area contributed by atoms with Gasteiger partial charge in [0.1, 0.15) is 0 Å². The number of carbonyl (C=O) groups is 1. The molecule has 4 rings (SSSR count). The maximum Gasteiger partial charge on any atom is 0.511 e. The topological polar surface area (TPSA) is 97.3 Å². The molecule has 2 aromatic rings. The summed E-state index contributed by atoms with van der Waals surface area (Å²) in [5.41, 5.74) is 8.34. The summed E-state index contributed by atoms with van der Waals surface area (Å²) >= 11 is 0. The van der Waals surface area contributed by atoms with Gasteiger partial charge in [-0.1, -0.05) is 13.3 Å². The van der Waals surface area contributed by atoms with Crippen molar-refractivity contribution in [1.29, 1.82) is 0 Å². The Labute approximate surface area is 174 Å². The van der Waals surface area contributed by atoms with Gasteiger partial charge in [-0.2, -0.15) is 0 Å². The molecule has 8 heteroatoms. The highest BCUT2D eigenvalue weighted by molar-refractivity contribution is 5.74. The molecule has 162 valence electrons. The quantitative estimate of drug-likeness (QED) is 0.697. The molecule has 0 bridgehead atoms. The Kier molecular flexibility index (Phi) is 5.44. The van der Waals surface area contributed by atoms with Gasteiger partial charge in [-0.15, -0.1) is 0 Å². The molecule has 2 aliphatic rings. The van der Waals surface area contributed by atoms with Crippen LogP contribution in [0.2, 0.25) is 0 Å². The Morgan fingerprint density at radius 1 is 1.40 bits per heavy atom. The molecule has 2 atom stereocenters. The Hall–Kier alpha value is -2.61. The molecule has 2 aromatic heterocycles. The Balaban J connectivity index is 1.81. The minimum atomic E-state index is -1.56. The number of rotatable bonds is 6. The number of fused-ring (bicyclic) bond motifs is 1. The first-order valence-electron chi connectivity index (χ1n) is 10.6. The number of pyridine rings is 2. The van der Waals surface area contributed by atoms with Crippen LogP contribution in [0.1, 0.15) is 56.1 Å². The summed E-state index contributed by atoms with van der Waals surface area (Å²) in [6, 6.07) is 1.62. The van der Waals surface area contributed by atoms with Gasteiger partial charge in [-0.3, -0.25) is 9.20 Å². The van der Waals surface area contributed by atoms with Crippen LogP contribution in [0.15, 0.2) is 17.1 Å². The first-order valence-corrected chi connectivity index (χ1v) is 10.6. The minimum Gasteiger partial charge on any atom is -0.449 e. The van der Waals surface area contributed by atoms with Gasteiger partial charge in [0.25, 0.3) is 5.56 Å². The third-order valence-electron chi connectivity index (χ3n) is 6.39. The minimum absolute atomic E-state index is 0.101. The van der Waals surface area contributed by atoms with Gasteiger partial charge in [0.2, 0.25) is 0 Å². The summed E-state index contributed by atoms with van der Waals surface area (Å²) in [7, 11) is 0. The predicted octanol–water partition coefficient (Wildman–Crippen LogP) is 3.63. The number of hydrogen-bond acceptors (Lipinski definition) is 5. The molecule has 7 nitrogen and oxygen atoms in total. The maximum atomic E-state index is 15.2. The molecule has 3 heterocycles. The molecule has 0 spiro atoms. The lowest BCUT2D eigenvalue weighted by Gasteiger charge is -2.25. The second-order valence-electron chi connectivity index (χ2n) is 8.53. The van der Waals surface area contributed by atoms with Gasteiger partial charge in [0.05, 0.1) is 17.4 Å². The lowest BCUT2D eigenvalue weighted by atomic mass is 9.96. The van der Waals surface area contributed by atoms with Gasteiger partial charge in [-0.25, -0.2) is 9.18 Å². The second kappa shape index (κ2) is 7.91. The van der Waals surface area contributed by atoms with Crippen LogP contribution in [0.25, 0.3) is 5.52 Å². The van der Waals surface area contributed by atoms with E-state index < -0.39 is 17.5 Å². The van der Waals surface area contributed by atoms with Crippen molar-refractivity contribution >= 4 is 17.4 Å². The van der Waals surface area contributed by atoms with Gasteiger partial charge in [-0.05, 0) is 61.6 Å². The van der Waals surface area contributed by atoms with E-state index in [4.69, 9.17) is 10.8 Å². The van der Waals surface area contributed by atoms with Crippen LogP contribution >= 0.6 is 0 Å². The zero-order valence-electron chi connectivity index (χ0n) is 17.4. The number of halogens is 1. The van der Waals surface area contributed by atoms with Crippen LogP contribution in [0.3, 0.4) is 0 Å². The Morgan fingerprint density at radius 3 is 2.77 bits per heavy atom. The van der Waals surface area contributed by atoms with Crippen LogP contribution in [-0.2, 0) is 0 Å². The number of aryl methyl sites for hydroxylation is 1. The molecular formula is C22H28FN3O4. The van der Waals surface area contributed by atoms with E-state index in [1.54, 1.807) is 0 Å². The average molecular weight is 417 g/mol. The molecule has 30 heavy (non-hydrogen) atoms. The predicted molar refractivity (Wildman–Crippen MR) is 112 cm³/mol. The Morgan fingerprint density at radius 2 is 2.13 bits per heavy atom. The van der Waals surface area contributed by atoms with E-state index in [1.165, 1.54) is 16.7 Å². The van der Waals surface area contributed by atoms with Gasteiger partial charge >= 0.3 is 6.16 Å². The highest BCUT2D eigenvalue weighted by Gasteiger charge is 2.33. The van der Waals surface area contributed by atoms with Crippen molar-refractivity contribution in [3.8, 4) is 5.75 Å². The molecule has 1 saturated carbocycles. The lowest BCUT2D eigenvalue weighted by molar-refractivity contribution is 0.143. The summed E-state index contributed by atoms with van der Waals surface area (Å²) in [5.74, 6) is -0.254. The molecular weight excluding hydrogens is 389 g/mol. The van der Waals surface area contributed by atoms with E-state index in [0.29, 0.717) is 29.2 Å². The molecule has 1 aliphatic heterocycles. The summed E-state index contributed by atoms with van der Waals surface area (Å²) in [6.07, 6.45) is 4.39. The molecule has 0 amide bonds. The van der Waals surface area contributed by atoms with E-state index in [2.05, 4.69) is 11.7 Å². The summed E-state index contributed by atoms with van der Waals surface area (Å²) in [6.45, 7) is 5.35. The first kappa shape index (κ1) is 20.7.